The van der Waals surface area contributed by atoms with Gasteiger partial charge in [0.05, 0.1) is 25.2 Å². The van der Waals surface area contributed by atoms with E-state index in [-0.39, 0.29) is 48.2 Å². The number of ether oxygens (including phenoxy) is 2. The summed E-state index contributed by atoms with van der Waals surface area (Å²) >= 11 is 5.79. The van der Waals surface area contributed by atoms with Crippen molar-refractivity contribution in [3.05, 3.63) is 46.2 Å². The Bertz CT molecular complexity index is 841. The fourth-order valence-corrected chi connectivity index (χ4v) is 2.56. The van der Waals surface area contributed by atoms with Gasteiger partial charge in [0, 0.05) is 5.02 Å². The molecule has 7 nitrogen and oxygen atoms in total. The van der Waals surface area contributed by atoms with Gasteiger partial charge in [-0.3, -0.25) is 14.9 Å². The Hall–Kier alpha value is -2.80. The van der Waals surface area contributed by atoms with Gasteiger partial charge in [-0.15, -0.1) is 0 Å². The van der Waals surface area contributed by atoms with E-state index >= 15 is 0 Å². The van der Waals surface area contributed by atoms with E-state index in [1.165, 1.54) is 6.92 Å². The second kappa shape index (κ2) is 9.23. The smallest absolute Gasteiger partial charge is 0.344 e. The Morgan fingerprint density at radius 3 is 2.41 bits per heavy atom. The molecule has 0 aliphatic rings. The minimum absolute atomic E-state index is 0.0139. The molecule has 1 heterocycles. The van der Waals surface area contributed by atoms with Crippen LogP contribution in [-0.2, 0) is 9.53 Å². The number of furan rings is 1. The van der Waals surface area contributed by atoms with E-state index in [9.17, 15) is 14.4 Å². The van der Waals surface area contributed by atoms with Crippen LogP contribution in [0.1, 0.15) is 46.7 Å². The van der Waals surface area contributed by atoms with Crippen LogP contribution in [0.4, 0.5) is 5.88 Å². The van der Waals surface area contributed by atoms with Gasteiger partial charge >= 0.3 is 5.97 Å². The molecule has 0 spiro atoms. The summed E-state index contributed by atoms with van der Waals surface area (Å²) in [6.45, 7) is 4.74. The molecule has 0 aliphatic carbocycles. The van der Waals surface area contributed by atoms with E-state index < -0.39 is 11.9 Å². The standard InChI is InChI=1S/C19H20ClNO6/c1-4-25-19(24)17-16(11(2)22)12(3)27-18(17)21-15(23)9-10-26-14-7-5-13(20)6-8-14/h5-8H,4,9-10H2,1-3H3,(H,21,23). The zero-order chi connectivity index (χ0) is 20.0. The number of ketones is 1. The molecule has 0 unspecified atom stereocenters. The first-order valence-corrected chi connectivity index (χ1v) is 8.71. The van der Waals surface area contributed by atoms with Gasteiger partial charge < -0.3 is 13.9 Å². The Kier molecular flexibility index (Phi) is 7.01. The lowest BCUT2D eigenvalue weighted by Crippen LogP contribution is -2.18. The van der Waals surface area contributed by atoms with Crippen LogP contribution in [0.2, 0.25) is 5.02 Å². The molecule has 144 valence electrons. The van der Waals surface area contributed by atoms with Crippen LogP contribution >= 0.6 is 11.6 Å². The van der Waals surface area contributed by atoms with E-state index in [1.54, 1.807) is 38.1 Å². The molecule has 1 amide bonds. The summed E-state index contributed by atoms with van der Waals surface area (Å²) < 4.78 is 15.8. The number of aryl methyl sites for hydroxylation is 1. The van der Waals surface area contributed by atoms with Crippen LogP contribution in [0, 0.1) is 6.92 Å². The molecule has 1 N–H and O–H groups in total. The molecule has 0 bridgehead atoms. The van der Waals surface area contributed by atoms with Crippen LogP contribution in [0.5, 0.6) is 5.75 Å². The maximum Gasteiger partial charge on any atom is 0.344 e. The molecule has 0 fully saturated rings. The highest BCUT2D eigenvalue weighted by Gasteiger charge is 2.28. The summed E-state index contributed by atoms with van der Waals surface area (Å²) in [7, 11) is 0. The topological polar surface area (TPSA) is 94.8 Å². The van der Waals surface area contributed by atoms with Crippen molar-refractivity contribution in [1.29, 1.82) is 0 Å². The second-order valence-corrected chi connectivity index (χ2v) is 6.05. The van der Waals surface area contributed by atoms with Gasteiger partial charge in [0.25, 0.3) is 0 Å². The third-order valence-electron chi connectivity index (χ3n) is 3.58. The van der Waals surface area contributed by atoms with Gasteiger partial charge in [0.1, 0.15) is 17.1 Å². The zero-order valence-electron chi connectivity index (χ0n) is 15.3. The van der Waals surface area contributed by atoms with E-state index in [2.05, 4.69) is 5.32 Å². The van der Waals surface area contributed by atoms with E-state index in [0.29, 0.717) is 10.8 Å². The van der Waals surface area contributed by atoms with E-state index in [4.69, 9.17) is 25.5 Å². The van der Waals surface area contributed by atoms with Gasteiger partial charge in [-0.1, -0.05) is 11.6 Å². The number of benzene rings is 1. The molecule has 27 heavy (non-hydrogen) atoms. The molecule has 0 aliphatic heterocycles. The van der Waals surface area contributed by atoms with Crippen LogP contribution in [0.3, 0.4) is 0 Å². The number of anilines is 1. The highest BCUT2D eigenvalue weighted by molar-refractivity contribution is 6.30. The molecule has 2 aromatic rings. The summed E-state index contributed by atoms with van der Waals surface area (Å²) in [6, 6.07) is 6.73. The zero-order valence-corrected chi connectivity index (χ0v) is 16.0. The quantitative estimate of drug-likeness (QED) is 0.537. The normalized spacial score (nSPS) is 10.4. The van der Waals surface area contributed by atoms with E-state index in [1.807, 2.05) is 0 Å². The summed E-state index contributed by atoms with van der Waals surface area (Å²) in [5, 5.41) is 3.09. The number of halogens is 1. The van der Waals surface area contributed by atoms with Crippen molar-refractivity contribution in [3.63, 3.8) is 0 Å². The predicted molar refractivity (Wildman–Crippen MR) is 99.6 cm³/mol. The lowest BCUT2D eigenvalue weighted by atomic mass is 10.1. The van der Waals surface area contributed by atoms with Crippen molar-refractivity contribution in [2.24, 2.45) is 0 Å². The lowest BCUT2D eigenvalue weighted by Gasteiger charge is -2.07. The Labute approximate surface area is 161 Å². The summed E-state index contributed by atoms with van der Waals surface area (Å²) in [6.07, 6.45) is 0.0139. The third kappa shape index (κ3) is 5.34. The van der Waals surface area contributed by atoms with Crippen molar-refractivity contribution in [2.75, 3.05) is 18.5 Å². The minimum atomic E-state index is -0.729. The van der Waals surface area contributed by atoms with Crippen LogP contribution < -0.4 is 10.1 Å². The molecule has 0 saturated carbocycles. The fraction of sp³-hybridized carbons (Fsp3) is 0.316. The first kappa shape index (κ1) is 20.5. The van der Waals surface area contributed by atoms with Crippen molar-refractivity contribution < 1.29 is 28.3 Å². The molecule has 0 saturated heterocycles. The SMILES string of the molecule is CCOC(=O)c1c(NC(=O)CCOc2ccc(Cl)cc2)oc(C)c1C(C)=O. The summed E-state index contributed by atoms with van der Waals surface area (Å²) in [4.78, 5) is 36.2. The molecule has 2 rings (SSSR count). The third-order valence-corrected chi connectivity index (χ3v) is 3.83. The van der Waals surface area contributed by atoms with Crippen LogP contribution in [0.25, 0.3) is 0 Å². The van der Waals surface area contributed by atoms with E-state index in [0.717, 1.165) is 0 Å². The Morgan fingerprint density at radius 1 is 1.15 bits per heavy atom. The number of esters is 1. The Morgan fingerprint density at radius 2 is 1.81 bits per heavy atom. The van der Waals surface area contributed by atoms with Crippen molar-refractivity contribution in [2.45, 2.75) is 27.2 Å². The van der Waals surface area contributed by atoms with Gasteiger partial charge in [-0.2, -0.15) is 0 Å². The average molecular weight is 394 g/mol. The fourth-order valence-electron chi connectivity index (χ4n) is 2.44. The number of hydrogen-bond donors (Lipinski definition) is 1. The predicted octanol–water partition coefficient (Wildman–Crippen LogP) is 4.03. The van der Waals surface area contributed by atoms with Crippen LogP contribution in [-0.4, -0.2) is 30.9 Å². The first-order chi connectivity index (χ1) is 12.8. The molecule has 8 heteroatoms. The highest BCUT2D eigenvalue weighted by atomic mass is 35.5. The van der Waals surface area contributed by atoms with Crippen molar-refractivity contribution >= 4 is 35.1 Å². The molecule has 1 aromatic carbocycles. The first-order valence-electron chi connectivity index (χ1n) is 8.33. The summed E-state index contributed by atoms with van der Waals surface area (Å²) in [5.74, 6) is -0.811. The number of amides is 1. The number of nitrogens with one attached hydrogen (secondary N) is 1. The molecule has 1 aromatic heterocycles. The number of Topliss-reactive ketones (excluding diaryl/α,β-unsaturated/α-hetero) is 1. The number of rotatable bonds is 8. The largest absolute Gasteiger partial charge is 0.493 e. The van der Waals surface area contributed by atoms with Crippen LogP contribution in [0.15, 0.2) is 28.7 Å². The molecule has 0 atom stereocenters. The van der Waals surface area contributed by atoms with Gasteiger partial charge in [-0.05, 0) is 45.0 Å². The van der Waals surface area contributed by atoms with Gasteiger partial charge in [-0.25, -0.2) is 4.79 Å². The maximum absolute atomic E-state index is 12.2. The van der Waals surface area contributed by atoms with Gasteiger partial charge in [0.15, 0.2) is 5.78 Å². The molecular formula is C19H20ClNO6. The Balaban J connectivity index is 2.05. The van der Waals surface area contributed by atoms with Gasteiger partial charge in [0.2, 0.25) is 11.8 Å². The maximum atomic E-state index is 12.2. The summed E-state index contributed by atoms with van der Waals surface area (Å²) in [5.41, 5.74) is 0.0231. The number of carbonyl (C=O) groups excluding carboxylic acids is 3. The number of hydrogen-bond acceptors (Lipinski definition) is 6. The lowest BCUT2D eigenvalue weighted by molar-refractivity contribution is -0.116. The average Bonchev–Trinajstić information content (AvgIpc) is 2.93. The second-order valence-electron chi connectivity index (χ2n) is 5.61. The highest BCUT2D eigenvalue weighted by Crippen LogP contribution is 2.28. The minimum Gasteiger partial charge on any atom is -0.493 e. The van der Waals surface area contributed by atoms with Crippen molar-refractivity contribution in [1.82, 2.24) is 0 Å². The molecular weight excluding hydrogens is 374 g/mol. The molecule has 0 radical (unpaired) electrons. The van der Waals surface area contributed by atoms with Crippen molar-refractivity contribution in [3.8, 4) is 5.75 Å². The number of carbonyl (C=O) groups is 3. The monoisotopic (exact) mass is 393 g/mol.